The minimum absolute atomic E-state index is 0. The molecular weight excluding hydrogens is 489 g/mol. The SMILES string of the molecule is CCNC(=NCc1ncc(C(C)(C)C)o1)NCC1CCCN1Cc1ccccc1.I. The molecule has 0 aliphatic carbocycles. The summed E-state index contributed by atoms with van der Waals surface area (Å²) in [6.45, 7) is 12.7. The lowest BCUT2D eigenvalue weighted by Crippen LogP contribution is -2.44. The van der Waals surface area contributed by atoms with Crippen LogP contribution in [0.3, 0.4) is 0 Å². The van der Waals surface area contributed by atoms with Crippen LogP contribution in [0.1, 0.15) is 57.8 Å². The van der Waals surface area contributed by atoms with Gasteiger partial charge in [-0.05, 0) is 31.9 Å². The van der Waals surface area contributed by atoms with Crippen molar-refractivity contribution >= 4 is 29.9 Å². The molecule has 0 spiro atoms. The molecule has 3 rings (SSSR count). The maximum absolute atomic E-state index is 5.86. The fraction of sp³-hybridized carbons (Fsp3) is 0.565. The number of nitrogens with one attached hydrogen (secondary N) is 2. The number of hydrogen-bond acceptors (Lipinski definition) is 4. The molecule has 0 amide bonds. The molecule has 1 aromatic carbocycles. The number of aliphatic imine (C=N–C) groups is 1. The van der Waals surface area contributed by atoms with E-state index in [4.69, 9.17) is 4.42 Å². The van der Waals surface area contributed by atoms with E-state index < -0.39 is 0 Å². The van der Waals surface area contributed by atoms with Gasteiger partial charge in [0, 0.05) is 31.1 Å². The lowest BCUT2D eigenvalue weighted by atomic mass is 9.94. The molecule has 0 bridgehead atoms. The summed E-state index contributed by atoms with van der Waals surface area (Å²) in [4.78, 5) is 11.6. The summed E-state index contributed by atoms with van der Waals surface area (Å²) in [6, 6.07) is 11.2. The van der Waals surface area contributed by atoms with Crippen molar-refractivity contribution in [2.24, 2.45) is 4.99 Å². The zero-order chi connectivity index (χ0) is 20.7. The fourth-order valence-corrected chi connectivity index (χ4v) is 3.59. The third kappa shape index (κ3) is 7.27. The van der Waals surface area contributed by atoms with E-state index in [1.807, 2.05) is 6.20 Å². The van der Waals surface area contributed by atoms with E-state index in [1.54, 1.807) is 0 Å². The Kier molecular flexibility index (Phi) is 9.61. The molecule has 2 aromatic rings. The Hall–Kier alpha value is -1.61. The molecular formula is C23H36IN5O. The Labute approximate surface area is 198 Å². The largest absolute Gasteiger partial charge is 0.443 e. The maximum atomic E-state index is 5.86. The molecule has 1 unspecified atom stereocenters. The van der Waals surface area contributed by atoms with Crippen molar-refractivity contribution < 1.29 is 4.42 Å². The maximum Gasteiger partial charge on any atom is 0.216 e. The van der Waals surface area contributed by atoms with E-state index >= 15 is 0 Å². The molecule has 1 aliphatic rings. The zero-order valence-corrected chi connectivity index (χ0v) is 21.0. The van der Waals surface area contributed by atoms with E-state index in [2.05, 4.69) is 83.5 Å². The van der Waals surface area contributed by atoms with Gasteiger partial charge in [-0.25, -0.2) is 9.98 Å². The second-order valence-corrected chi connectivity index (χ2v) is 8.70. The van der Waals surface area contributed by atoms with Crippen LogP contribution in [0.15, 0.2) is 45.9 Å². The molecule has 7 heteroatoms. The normalized spacial score (nSPS) is 17.6. The lowest BCUT2D eigenvalue weighted by molar-refractivity contribution is 0.245. The highest BCUT2D eigenvalue weighted by molar-refractivity contribution is 14.0. The number of aromatic nitrogens is 1. The van der Waals surface area contributed by atoms with Crippen LogP contribution in [0.2, 0.25) is 0 Å². The van der Waals surface area contributed by atoms with Gasteiger partial charge >= 0.3 is 0 Å². The first-order valence-corrected chi connectivity index (χ1v) is 10.7. The molecule has 2 heterocycles. The van der Waals surface area contributed by atoms with Crippen molar-refractivity contribution in [2.75, 3.05) is 19.6 Å². The van der Waals surface area contributed by atoms with Gasteiger partial charge in [-0.2, -0.15) is 0 Å². The summed E-state index contributed by atoms with van der Waals surface area (Å²) in [5.41, 5.74) is 1.33. The smallest absolute Gasteiger partial charge is 0.216 e. The van der Waals surface area contributed by atoms with Crippen LogP contribution in [0, 0.1) is 0 Å². The first kappa shape index (κ1) is 24.7. The van der Waals surface area contributed by atoms with E-state index in [9.17, 15) is 0 Å². The van der Waals surface area contributed by atoms with Gasteiger partial charge in [0.25, 0.3) is 0 Å². The number of rotatable bonds is 7. The van der Waals surface area contributed by atoms with Crippen LogP contribution in [0.4, 0.5) is 0 Å². The van der Waals surface area contributed by atoms with Crippen molar-refractivity contribution in [3.63, 3.8) is 0 Å². The first-order chi connectivity index (χ1) is 14.0. The second kappa shape index (κ2) is 11.7. The second-order valence-electron chi connectivity index (χ2n) is 8.70. The number of oxazole rings is 1. The highest BCUT2D eigenvalue weighted by Crippen LogP contribution is 2.23. The van der Waals surface area contributed by atoms with Crippen LogP contribution in [-0.2, 0) is 18.5 Å². The van der Waals surface area contributed by atoms with Gasteiger partial charge in [-0.15, -0.1) is 24.0 Å². The van der Waals surface area contributed by atoms with E-state index in [0.717, 1.165) is 37.9 Å². The molecule has 30 heavy (non-hydrogen) atoms. The number of hydrogen-bond donors (Lipinski definition) is 2. The van der Waals surface area contributed by atoms with Crippen LogP contribution < -0.4 is 10.6 Å². The van der Waals surface area contributed by atoms with E-state index in [0.29, 0.717) is 18.5 Å². The van der Waals surface area contributed by atoms with Gasteiger partial charge < -0.3 is 15.1 Å². The summed E-state index contributed by atoms with van der Waals surface area (Å²) in [5, 5.41) is 6.84. The van der Waals surface area contributed by atoms with Crippen LogP contribution >= 0.6 is 24.0 Å². The quantitative estimate of drug-likeness (QED) is 0.321. The number of guanidine groups is 1. The topological polar surface area (TPSA) is 65.7 Å². The first-order valence-electron chi connectivity index (χ1n) is 10.7. The van der Waals surface area contributed by atoms with E-state index in [-0.39, 0.29) is 29.4 Å². The molecule has 2 N–H and O–H groups in total. The number of likely N-dealkylation sites (tertiary alicyclic amines) is 1. The Morgan fingerprint density at radius 2 is 2.00 bits per heavy atom. The third-order valence-electron chi connectivity index (χ3n) is 5.24. The molecule has 1 aromatic heterocycles. The molecule has 1 atom stereocenters. The highest BCUT2D eigenvalue weighted by Gasteiger charge is 2.24. The predicted octanol–water partition coefficient (Wildman–Crippen LogP) is 4.31. The molecule has 1 aliphatic heterocycles. The number of halogens is 1. The van der Waals surface area contributed by atoms with Gasteiger partial charge in [0.1, 0.15) is 12.3 Å². The monoisotopic (exact) mass is 525 g/mol. The van der Waals surface area contributed by atoms with Gasteiger partial charge in [-0.3, -0.25) is 4.90 Å². The van der Waals surface area contributed by atoms with Crippen molar-refractivity contribution in [3.8, 4) is 0 Å². The summed E-state index contributed by atoms with van der Waals surface area (Å²) >= 11 is 0. The van der Waals surface area contributed by atoms with Crippen LogP contribution in [0.25, 0.3) is 0 Å². The lowest BCUT2D eigenvalue weighted by Gasteiger charge is -2.25. The van der Waals surface area contributed by atoms with Crippen molar-refractivity contribution in [3.05, 3.63) is 53.7 Å². The van der Waals surface area contributed by atoms with Crippen molar-refractivity contribution in [2.45, 2.75) is 65.1 Å². The number of benzene rings is 1. The number of nitrogens with zero attached hydrogens (tertiary/aromatic N) is 3. The molecule has 0 saturated carbocycles. The Balaban J connectivity index is 0.00000320. The third-order valence-corrected chi connectivity index (χ3v) is 5.24. The summed E-state index contributed by atoms with van der Waals surface area (Å²) < 4.78 is 5.86. The van der Waals surface area contributed by atoms with Gasteiger partial charge in [0.2, 0.25) is 5.89 Å². The van der Waals surface area contributed by atoms with Gasteiger partial charge in [-0.1, -0.05) is 51.1 Å². The molecule has 1 fully saturated rings. The summed E-state index contributed by atoms with van der Waals surface area (Å²) in [6.07, 6.45) is 4.28. The van der Waals surface area contributed by atoms with Gasteiger partial charge in [0.15, 0.2) is 5.96 Å². The Morgan fingerprint density at radius 3 is 2.67 bits per heavy atom. The van der Waals surface area contributed by atoms with Crippen LogP contribution in [0.5, 0.6) is 0 Å². The molecule has 166 valence electrons. The minimum Gasteiger partial charge on any atom is -0.443 e. The summed E-state index contributed by atoms with van der Waals surface area (Å²) in [5.74, 6) is 2.36. The van der Waals surface area contributed by atoms with Crippen LogP contribution in [-0.4, -0.2) is 41.5 Å². The van der Waals surface area contributed by atoms with Crippen molar-refractivity contribution in [1.82, 2.24) is 20.5 Å². The fourth-order valence-electron chi connectivity index (χ4n) is 3.59. The van der Waals surface area contributed by atoms with Crippen molar-refractivity contribution in [1.29, 1.82) is 0 Å². The van der Waals surface area contributed by atoms with Gasteiger partial charge in [0.05, 0.1) is 6.20 Å². The average molecular weight is 525 g/mol. The standard InChI is InChI=1S/C23H35N5O.HI/c1-5-24-22(27-16-21-25-15-20(29-21)23(2,3)4)26-14-19-12-9-13-28(19)17-18-10-7-6-8-11-18;/h6-8,10-11,15,19H,5,9,12-14,16-17H2,1-4H3,(H2,24,26,27);1H. The minimum atomic E-state index is -0.0393. The Morgan fingerprint density at radius 1 is 1.23 bits per heavy atom. The molecule has 0 radical (unpaired) electrons. The zero-order valence-electron chi connectivity index (χ0n) is 18.6. The predicted molar refractivity (Wildman–Crippen MR) is 133 cm³/mol. The summed E-state index contributed by atoms with van der Waals surface area (Å²) in [7, 11) is 0. The molecule has 6 nitrogen and oxygen atoms in total. The average Bonchev–Trinajstić information content (AvgIpc) is 3.34. The molecule has 1 saturated heterocycles. The Bertz CT molecular complexity index is 784. The van der Waals surface area contributed by atoms with E-state index in [1.165, 1.54) is 18.4 Å². The highest BCUT2D eigenvalue weighted by atomic mass is 127.